The summed E-state index contributed by atoms with van der Waals surface area (Å²) in [5.74, 6) is 0.719. The minimum absolute atomic E-state index is 0.0997. The Labute approximate surface area is 98.6 Å². The first-order valence-electron chi connectivity index (χ1n) is 5.47. The number of alkyl halides is 3. The molecule has 0 unspecified atom stereocenters. The van der Waals surface area contributed by atoms with Gasteiger partial charge in [-0.2, -0.15) is 13.2 Å². The highest BCUT2D eigenvalue weighted by atomic mass is 19.4. The molecular weight excluding hydrogens is 231 g/mol. The van der Waals surface area contributed by atoms with Crippen molar-refractivity contribution in [3.05, 3.63) is 29.8 Å². The van der Waals surface area contributed by atoms with E-state index >= 15 is 0 Å². The van der Waals surface area contributed by atoms with E-state index in [4.69, 9.17) is 10.5 Å². The number of aryl methyl sites for hydroxylation is 1. The third kappa shape index (κ3) is 4.65. The number of nitrogens with two attached hydrogens (primary N) is 1. The normalized spacial score (nSPS) is 13.5. The standard InChI is InChI=1S/C12H16F3NO/c1-2-17-10-6-3-9(4-7-10)5-8-11(16)12(13,14)15/h3-4,6-7,11H,2,5,8,16H2,1H3/t11-/m0/s1. The highest BCUT2D eigenvalue weighted by molar-refractivity contribution is 5.27. The third-order valence-corrected chi connectivity index (χ3v) is 2.40. The van der Waals surface area contributed by atoms with E-state index in [2.05, 4.69) is 0 Å². The lowest BCUT2D eigenvalue weighted by Gasteiger charge is -2.15. The molecule has 0 aliphatic carbocycles. The van der Waals surface area contributed by atoms with Crippen LogP contribution in [0.1, 0.15) is 18.9 Å². The molecule has 1 aromatic rings. The molecule has 1 rings (SSSR count). The SMILES string of the molecule is CCOc1ccc(CC[C@H](N)C(F)(F)F)cc1. The first-order valence-corrected chi connectivity index (χ1v) is 5.47. The van der Waals surface area contributed by atoms with Crippen molar-refractivity contribution < 1.29 is 17.9 Å². The van der Waals surface area contributed by atoms with Gasteiger partial charge in [0.1, 0.15) is 11.8 Å². The van der Waals surface area contributed by atoms with E-state index < -0.39 is 12.2 Å². The highest BCUT2D eigenvalue weighted by Gasteiger charge is 2.35. The minimum atomic E-state index is -4.31. The van der Waals surface area contributed by atoms with Crippen molar-refractivity contribution in [1.29, 1.82) is 0 Å². The van der Waals surface area contributed by atoms with E-state index in [0.29, 0.717) is 13.0 Å². The zero-order chi connectivity index (χ0) is 12.9. The zero-order valence-electron chi connectivity index (χ0n) is 9.63. The summed E-state index contributed by atoms with van der Waals surface area (Å²) in [4.78, 5) is 0. The number of hydrogen-bond acceptors (Lipinski definition) is 2. The van der Waals surface area contributed by atoms with Crippen LogP contribution >= 0.6 is 0 Å². The average molecular weight is 247 g/mol. The molecule has 0 fully saturated rings. The third-order valence-electron chi connectivity index (χ3n) is 2.40. The lowest BCUT2D eigenvalue weighted by Crippen LogP contribution is -2.37. The van der Waals surface area contributed by atoms with Gasteiger partial charge in [0.05, 0.1) is 6.61 Å². The predicted octanol–water partition coefficient (Wildman–Crippen LogP) is 2.91. The van der Waals surface area contributed by atoms with Crippen LogP contribution in [0.15, 0.2) is 24.3 Å². The second-order valence-electron chi connectivity index (χ2n) is 3.76. The summed E-state index contributed by atoms with van der Waals surface area (Å²) >= 11 is 0. The number of ether oxygens (including phenoxy) is 1. The molecule has 0 amide bonds. The highest BCUT2D eigenvalue weighted by Crippen LogP contribution is 2.22. The number of hydrogen-bond donors (Lipinski definition) is 1. The Balaban J connectivity index is 2.47. The number of halogens is 3. The first kappa shape index (κ1) is 13.8. The van der Waals surface area contributed by atoms with Crippen molar-refractivity contribution in [2.75, 3.05) is 6.61 Å². The number of benzene rings is 1. The van der Waals surface area contributed by atoms with E-state index in [-0.39, 0.29) is 6.42 Å². The molecule has 0 saturated heterocycles. The fraction of sp³-hybridized carbons (Fsp3) is 0.500. The average Bonchev–Trinajstić information content (AvgIpc) is 2.27. The van der Waals surface area contributed by atoms with Crippen LogP contribution in [0.4, 0.5) is 13.2 Å². The Morgan fingerprint density at radius 3 is 2.29 bits per heavy atom. The summed E-state index contributed by atoms with van der Waals surface area (Å²) in [6, 6.07) is 5.26. The molecule has 0 aliphatic heterocycles. The molecule has 0 radical (unpaired) electrons. The summed E-state index contributed by atoms with van der Waals surface area (Å²) in [5, 5.41) is 0. The molecular formula is C12H16F3NO. The van der Waals surface area contributed by atoms with Gasteiger partial charge in [0.2, 0.25) is 0 Å². The van der Waals surface area contributed by atoms with Gasteiger partial charge in [-0.15, -0.1) is 0 Å². The Morgan fingerprint density at radius 1 is 1.24 bits per heavy atom. The second-order valence-corrected chi connectivity index (χ2v) is 3.76. The van der Waals surface area contributed by atoms with Gasteiger partial charge in [0.25, 0.3) is 0 Å². The summed E-state index contributed by atoms with van der Waals surface area (Å²) in [6.07, 6.45) is -4.10. The largest absolute Gasteiger partial charge is 0.494 e. The fourth-order valence-corrected chi connectivity index (χ4v) is 1.40. The van der Waals surface area contributed by atoms with Crippen LogP contribution in [0.25, 0.3) is 0 Å². The minimum Gasteiger partial charge on any atom is -0.494 e. The molecule has 0 saturated carbocycles. The van der Waals surface area contributed by atoms with Gasteiger partial charge in [-0.05, 0) is 37.5 Å². The monoisotopic (exact) mass is 247 g/mol. The van der Waals surface area contributed by atoms with Crippen LogP contribution in [0, 0.1) is 0 Å². The summed E-state index contributed by atoms with van der Waals surface area (Å²) < 4.78 is 41.8. The first-order chi connectivity index (χ1) is 7.93. The molecule has 0 aromatic heterocycles. The van der Waals surface area contributed by atoms with Crippen molar-refractivity contribution in [1.82, 2.24) is 0 Å². The molecule has 2 N–H and O–H groups in total. The van der Waals surface area contributed by atoms with Gasteiger partial charge in [0.15, 0.2) is 0 Å². The summed E-state index contributed by atoms with van der Waals surface area (Å²) in [5.41, 5.74) is 5.85. The molecule has 0 heterocycles. The van der Waals surface area contributed by atoms with Gasteiger partial charge in [0, 0.05) is 0 Å². The maximum Gasteiger partial charge on any atom is 0.403 e. The molecule has 0 aliphatic rings. The lowest BCUT2D eigenvalue weighted by atomic mass is 10.1. The van der Waals surface area contributed by atoms with Gasteiger partial charge in [-0.25, -0.2) is 0 Å². The molecule has 0 spiro atoms. The number of rotatable bonds is 5. The van der Waals surface area contributed by atoms with E-state index in [1.54, 1.807) is 24.3 Å². The van der Waals surface area contributed by atoms with Crippen LogP contribution in [0.5, 0.6) is 5.75 Å². The molecule has 5 heteroatoms. The predicted molar refractivity (Wildman–Crippen MR) is 60.0 cm³/mol. The summed E-state index contributed by atoms with van der Waals surface area (Å²) in [7, 11) is 0. The van der Waals surface area contributed by atoms with Gasteiger partial charge >= 0.3 is 6.18 Å². The molecule has 1 aromatic carbocycles. The van der Waals surface area contributed by atoms with Crippen molar-refractivity contribution in [3.63, 3.8) is 0 Å². The van der Waals surface area contributed by atoms with Crippen molar-refractivity contribution in [3.8, 4) is 5.75 Å². The Bertz CT molecular complexity index is 335. The fourth-order valence-electron chi connectivity index (χ4n) is 1.40. The van der Waals surface area contributed by atoms with Crippen LogP contribution in [0.2, 0.25) is 0 Å². The maximum absolute atomic E-state index is 12.2. The zero-order valence-corrected chi connectivity index (χ0v) is 9.63. The van der Waals surface area contributed by atoms with Crippen molar-refractivity contribution in [2.24, 2.45) is 5.73 Å². The Hall–Kier alpha value is -1.23. The van der Waals surface area contributed by atoms with Crippen LogP contribution in [-0.2, 0) is 6.42 Å². The molecule has 17 heavy (non-hydrogen) atoms. The Kier molecular flexibility index (Phi) is 4.81. The topological polar surface area (TPSA) is 35.2 Å². The maximum atomic E-state index is 12.2. The molecule has 0 bridgehead atoms. The summed E-state index contributed by atoms with van der Waals surface area (Å²) in [6.45, 7) is 2.44. The second kappa shape index (κ2) is 5.91. The van der Waals surface area contributed by atoms with Crippen molar-refractivity contribution in [2.45, 2.75) is 32.0 Å². The Morgan fingerprint density at radius 2 is 1.82 bits per heavy atom. The van der Waals surface area contributed by atoms with Gasteiger partial charge in [-0.3, -0.25) is 0 Å². The van der Waals surface area contributed by atoms with Crippen LogP contribution in [-0.4, -0.2) is 18.8 Å². The van der Waals surface area contributed by atoms with E-state index in [1.165, 1.54) is 0 Å². The quantitative estimate of drug-likeness (QED) is 0.868. The lowest BCUT2D eigenvalue weighted by molar-refractivity contribution is -0.148. The molecule has 1 atom stereocenters. The van der Waals surface area contributed by atoms with Crippen molar-refractivity contribution >= 4 is 0 Å². The van der Waals surface area contributed by atoms with Gasteiger partial charge < -0.3 is 10.5 Å². The van der Waals surface area contributed by atoms with Crippen LogP contribution in [0.3, 0.4) is 0 Å². The van der Waals surface area contributed by atoms with Gasteiger partial charge in [-0.1, -0.05) is 12.1 Å². The molecule has 96 valence electrons. The molecule has 2 nitrogen and oxygen atoms in total. The van der Waals surface area contributed by atoms with Crippen LogP contribution < -0.4 is 10.5 Å². The van der Waals surface area contributed by atoms with E-state index in [1.807, 2.05) is 6.92 Å². The smallest absolute Gasteiger partial charge is 0.403 e. The van der Waals surface area contributed by atoms with E-state index in [9.17, 15) is 13.2 Å². The van der Waals surface area contributed by atoms with E-state index in [0.717, 1.165) is 11.3 Å².